The van der Waals surface area contributed by atoms with Gasteiger partial charge in [0.1, 0.15) is 11.4 Å². The normalized spacial score (nSPS) is 14.7. The lowest BCUT2D eigenvalue weighted by Crippen LogP contribution is -2.42. The first-order chi connectivity index (χ1) is 11.2. The highest BCUT2D eigenvalue weighted by molar-refractivity contribution is 7.90. The Hall–Kier alpha value is -1.92. The van der Waals surface area contributed by atoms with Crippen LogP contribution in [0, 0.1) is 5.92 Å². The largest absolute Gasteiger partial charge is 0.480 e. The zero-order valence-electron chi connectivity index (χ0n) is 14.1. The SMILES string of the molecule is CC(C)CC(N[C@H](c1ccc2ccccc2c1)S(C)(=O)=O)C(=O)O. The molecule has 2 atom stereocenters. The topological polar surface area (TPSA) is 83.5 Å². The van der Waals surface area contributed by atoms with Crippen molar-refractivity contribution in [3.8, 4) is 0 Å². The molecule has 2 rings (SSSR count). The molecule has 24 heavy (non-hydrogen) atoms. The molecular weight excluding hydrogens is 326 g/mol. The number of hydrogen-bond donors (Lipinski definition) is 2. The Morgan fingerprint density at radius 1 is 1.12 bits per heavy atom. The number of rotatable bonds is 7. The molecule has 0 fully saturated rings. The van der Waals surface area contributed by atoms with Crippen molar-refractivity contribution in [3.05, 3.63) is 48.0 Å². The van der Waals surface area contributed by atoms with Crippen LogP contribution in [0.1, 0.15) is 31.2 Å². The summed E-state index contributed by atoms with van der Waals surface area (Å²) in [5.41, 5.74) is 0.547. The summed E-state index contributed by atoms with van der Waals surface area (Å²) in [4.78, 5) is 11.5. The average Bonchev–Trinajstić information content (AvgIpc) is 2.49. The zero-order chi connectivity index (χ0) is 17.9. The van der Waals surface area contributed by atoms with E-state index < -0.39 is 27.2 Å². The van der Waals surface area contributed by atoms with E-state index >= 15 is 0 Å². The summed E-state index contributed by atoms with van der Waals surface area (Å²) in [5, 5.41) is 13.1. The van der Waals surface area contributed by atoms with Crippen LogP contribution in [0.2, 0.25) is 0 Å². The van der Waals surface area contributed by atoms with E-state index in [0.717, 1.165) is 17.0 Å². The summed E-state index contributed by atoms with van der Waals surface area (Å²) in [6.07, 6.45) is 1.48. The predicted octanol–water partition coefficient (Wildman–Crippen LogP) is 2.97. The number of nitrogens with one attached hydrogen (secondary N) is 1. The van der Waals surface area contributed by atoms with E-state index in [9.17, 15) is 18.3 Å². The van der Waals surface area contributed by atoms with Gasteiger partial charge in [0.15, 0.2) is 9.84 Å². The molecular formula is C18H23NO4S. The first-order valence-corrected chi connectivity index (χ1v) is 9.80. The fourth-order valence-electron chi connectivity index (χ4n) is 2.73. The Labute approximate surface area is 142 Å². The monoisotopic (exact) mass is 349 g/mol. The van der Waals surface area contributed by atoms with Gasteiger partial charge in [0.2, 0.25) is 0 Å². The van der Waals surface area contributed by atoms with Gasteiger partial charge >= 0.3 is 5.97 Å². The van der Waals surface area contributed by atoms with Gasteiger partial charge in [0.05, 0.1) is 0 Å². The van der Waals surface area contributed by atoms with Crippen LogP contribution in [-0.4, -0.2) is 31.8 Å². The molecule has 0 heterocycles. The third-order valence-electron chi connectivity index (χ3n) is 3.86. The minimum Gasteiger partial charge on any atom is -0.480 e. The van der Waals surface area contributed by atoms with E-state index in [2.05, 4.69) is 5.32 Å². The first-order valence-electron chi connectivity index (χ1n) is 7.85. The van der Waals surface area contributed by atoms with E-state index in [1.165, 1.54) is 0 Å². The van der Waals surface area contributed by atoms with Gasteiger partial charge in [0, 0.05) is 6.26 Å². The van der Waals surface area contributed by atoms with E-state index in [0.29, 0.717) is 12.0 Å². The van der Waals surface area contributed by atoms with Crippen LogP contribution in [0.3, 0.4) is 0 Å². The fraction of sp³-hybridized carbons (Fsp3) is 0.389. The summed E-state index contributed by atoms with van der Waals surface area (Å²) in [6.45, 7) is 3.81. The molecule has 0 saturated carbocycles. The third kappa shape index (κ3) is 4.55. The third-order valence-corrected chi connectivity index (χ3v) is 5.13. The van der Waals surface area contributed by atoms with E-state index in [1.54, 1.807) is 12.1 Å². The summed E-state index contributed by atoms with van der Waals surface area (Å²) in [5.74, 6) is -0.909. The maximum Gasteiger partial charge on any atom is 0.320 e. The predicted molar refractivity (Wildman–Crippen MR) is 95.5 cm³/mol. The van der Waals surface area contributed by atoms with Crippen molar-refractivity contribution >= 4 is 26.6 Å². The average molecular weight is 349 g/mol. The van der Waals surface area contributed by atoms with Crippen molar-refractivity contribution in [2.75, 3.05) is 6.26 Å². The van der Waals surface area contributed by atoms with Crippen molar-refractivity contribution in [3.63, 3.8) is 0 Å². The molecule has 0 spiro atoms. The fourth-order valence-corrected chi connectivity index (χ4v) is 3.78. The molecule has 0 saturated heterocycles. The van der Waals surface area contributed by atoms with Crippen molar-refractivity contribution in [2.24, 2.45) is 5.92 Å². The maximum atomic E-state index is 12.3. The lowest BCUT2D eigenvalue weighted by Gasteiger charge is -2.24. The maximum absolute atomic E-state index is 12.3. The van der Waals surface area contributed by atoms with Gasteiger partial charge in [-0.3, -0.25) is 10.1 Å². The van der Waals surface area contributed by atoms with Gasteiger partial charge in [0.25, 0.3) is 0 Å². The molecule has 0 aliphatic rings. The van der Waals surface area contributed by atoms with Crippen LogP contribution in [0.5, 0.6) is 0 Å². The van der Waals surface area contributed by atoms with Crippen molar-refractivity contribution in [2.45, 2.75) is 31.7 Å². The molecule has 0 aliphatic heterocycles. The van der Waals surface area contributed by atoms with Gasteiger partial charge in [-0.1, -0.05) is 50.2 Å². The number of hydrogen-bond acceptors (Lipinski definition) is 4. The zero-order valence-corrected chi connectivity index (χ0v) is 14.9. The van der Waals surface area contributed by atoms with Crippen LogP contribution in [0.15, 0.2) is 42.5 Å². The molecule has 2 N–H and O–H groups in total. The van der Waals surface area contributed by atoms with Crippen LogP contribution in [0.25, 0.3) is 10.8 Å². The highest BCUT2D eigenvalue weighted by Crippen LogP contribution is 2.25. The molecule has 2 aromatic carbocycles. The number of benzene rings is 2. The molecule has 0 aliphatic carbocycles. The Balaban J connectivity index is 2.42. The number of sulfone groups is 1. The molecule has 0 radical (unpaired) electrons. The van der Waals surface area contributed by atoms with Crippen molar-refractivity contribution < 1.29 is 18.3 Å². The smallest absolute Gasteiger partial charge is 0.320 e. The Morgan fingerprint density at radius 2 is 1.75 bits per heavy atom. The van der Waals surface area contributed by atoms with Crippen molar-refractivity contribution in [1.29, 1.82) is 0 Å². The summed E-state index contributed by atoms with van der Waals surface area (Å²) in [7, 11) is -3.53. The summed E-state index contributed by atoms with van der Waals surface area (Å²) in [6, 6.07) is 12.1. The molecule has 0 aromatic heterocycles. The van der Waals surface area contributed by atoms with E-state index in [1.807, 2.05) is 44.2 Å². The van der Waals surface area contributed by atoms with E-state index in [4.69, 9.17) is 0 Å². The second-order valence-corrected chi connectivity index (χ2v) is 8.63. The Morgan fingerprint density at radius 3 is 2.29 bits per heavy atom. The highest BCUT2D eigenvalue weighted by Gasteiger charge is 2.29. The molecule has 0 bridgehead atoms. The summed E-state index contributed by atoms with van der Waals surface area (Å²) < 4.78 is 24.5. The minimum atomic E-state index is -3.53. The second kappa shape index (κ2) is 7.32. The second-order valence-electron chi connectivity index (χ2n) is 6.50. The van der Waals surface area contributed by atoms with Crippen LogP contribution < -0.4 is 5.32 Å². The Bertz CT molecular complexity index is 830. The minimum absolute atomic E-state index is 0.135. The van der Waals surface area contributed by atoms with Gasteiger partial charge in [-0.15, -0.1) is 0 Å². The molecule has 1 unspecified atom stereocenters. The molecule has 0 amide bonds. The molecule has 130 valence electrons. The van der Waals surface area contributed by atoms with Crippen LogP contribution in [0.4, 0.5) is 0 Å². The first kappa shape index (κ1) is 18.4. The number of carboxylic acids is 1. The lowest BCUT2D eigenvalue weighted by atomic mass is 10.0. The molecule has 2 aromatic rings. The number of fused-ring (bicyclic) bond motifs is 1. The van der Waals surface area contributed by atoms with Crippen molar-refractivity contribution in [1.82, 2.24) is 5.32 Å². The Kier molecular flexibility index (Phi) is 5.62. The van der Waals surface area contributed by atoms with E-state index in [-0.39, 0.29) is 5.92 Å². The van der Waals surface area contributed by atoms with Gasteiger partial charge in [-0.05, 0) is 34.7 Å². The highest BCUT2D eigenvalue weighted by atomic mass is 32.2. The number of carbonyl (C=O) groups is 1. The number of aliphatic carboxylic acids is 1. The summed E-state index contributed by atoms with van der Waals surface area (Å²) >= 11 is 0. The lowest BCUT2D eigenvalue weighted by molar-refractivity contribution is -0.140. The van der Waals surface area contributed by atoms with Crippen LogP contribution >= 0.6 is 0 Å². The van der Waals surface area contributed by atoms with Gasteiger partial charge in [-0.25, -0.2) is 8.42 Å². The standard InChI is InChI=1S/C18H23NO4S/c1-12(2)10-16(18(20)21)19-17(24(3,22)23)15-9-8-13-6-4-5-7-14(13)11-15/h4-9,11-12,16-17,19H,10H2,1-3H3,(H,20,21)/t16?,17-/m0/s1. The quantitative estimate of drug-likeness (QED) is 0.803. The molecule has 5 nitrogen and oxygen atoms in total. The van der Waals surface area contributed by atoms with Gasteiger partial charge < -0.3 is 5.11 Å². The van der Waals surface area contributed by atoms with Crippen LogP contribution in [-0.2, 0) is 14.6 Å². The van der Waals surface area contributed by atoms with Gasteiger partial charge in [-0.2, -0.15) is 0 Å². The number of carboxylic acid groups (broad SMARTS) is 1. The molecule has 6 heteroatoms.